The molecule has 0 fully saturated rings. The Bertz CT molecular complexity index is 1120. The second kappa shape index (κ2) is 14.3. The van der Waals surface area contributed by atoms with Crippen LogP contribution in [0.15, 0.2) is 78.9 Å². The largest absolute Gasteiger partial charge is 0.497 e. The highest BCUT2D eigenvalue weighted by Gasteiger charge is 2.30. The number of thioether (sulfide) groups is 1. The molecule has 0 aliphatic heterocycles. The minimum absolute atomic E-state index is 0.0527. The van der Waals surface area contributed by atoms with Crippen LogP contribution >= 0.6 is 11.8 Å². The van der Waals surface area contributed by atoms with E-state index in [9.17, 15) is 9.59 Å². The molecule has 5 nitrogen and oxygen atoms in total. The van der Waals surface area contributed by atoms with E-state index in [-0.39, 0.29) is 11.8 Å². The predicted molar refractivity (Wildman–Crippen MR) is 148 cm³/mol. The second-order valence-electron chi connectivity index (χ2n) is 8.85. The molecule has 0 aromatic heterocycles. The number of hydrogen-bond donors (Lipinski definition) is 1. The fraction of sp³-hybridized carbons (Fsp3) is 0.333. The maximum absolute atomic E-state index is 13.7. The highest BCUT2D eigenvalue weighted by molar-refractivity contribution is 7.99. The first-order valence-electron chi connectivity index (χ1n) is 12.4. The van der Waals surface area contributed by atoms with Gasteiger partial charge in [-0.2, -0.15) is 0 Å². The third-order valence-corrected chi connectivity index (χ3v) is 6.87. The molecule has 6 heteroatoms. The Morgan fingerprint density at radius 2 is 1.67 bits per heavy atom. The number of hydrogen-bond acceptors (Lipinski definition) is 4. The van der Waals surface area contributed by atoms with Crippen molar-refractivity contribution >= 4 is 23.6 Å². The Kier molecular flexibility index (Phi) is 10.9. The quantitative estimate of drug-likeness (QED) is 0.338. The second-order valence-corrected chi connectivity index (χ2v) is 9.84. The summed E-state index contributed by atoms with van der Waals surface area (Å²) < 4.78 is 5.39. The van der Waals surface area contributed by atoms with Crippen molar-refractivity contribution in [1.29, 1.82) is 0 Å². The average Bonchev–Trinajstić information content (AvgIpc) is 2.90. The summed E-state index contributed by atoms with van der Waals surface area (Å²) in [6.45, 7) is 5.00. The number of nitrogens with zero attached hydrogens (tertiary/aromatic N) is 1. The summed E-state index contributed by atoms with van der Waals surface area (Å²) in [6.07, 6.45) is 1.29. The van der Waals surface area contributed by atoms with Crippen molar-refractivity contribution in [2.75, 3.05) is 19.4 Å². The number of aryl methyl sites for hydroxylation is 1. The maximum Gasteiger partial charge on any atom is 0.243 e. The van der Waals surface area contributed by atoms with Gasteiger partial charge in [0.05, 0.1) is 12.9 Å². The van der Waals surface area contributed by atoms with Crippen LogP contribution in [0.25, 0.3) is 0 Å². The summed E-state index contributed by atoms with van der Waals surface area (Å²) in [5.41, 5.74) is 4.33. The molecule has 36 heavy (non-hydrogen) atoms. The van der Waals surface area contributed by atoms with Gasteiger partial charge < -0.3 is 15.0 Å². The third-order valence-electron chi connectivity index (χ3n) is 5.88. The maximum atomic E-state index is 13.7. The molecule has 0 bridgehead atoms. The van der Waals surface area contributed by atoms with Gasteiger partial charge in [0.2, 0.25) is 11.8 Å². The van der Waals surface area contributed by atoms with Crippen LogP contribution in [0.3, 0.4) is 0 Å². The number of rotatable bonds is 13. The number of ether oxygens (including phenoxy) is 1. The molecule has 0 heterocycles. The van der Waals surface area contributed by atoms with Crippen molar-refractivity contribution < 1.29 is 14.3 Å². The van der Waals surface area contributed by atoms with Crippen LogP contribution in [0.5, 0.6) is 5.75 Å². The van der Waals surface area contributed by atoms with Crippen LogP contribution in [0, 0.1) is 6.92 Å². The molecular formula is C30H36N2O3S. The van der Waals surface area contributed by atoms with E-state index >= 15 is 0 Å². The van der Waals surface area contributed by atoms with E-state index in [1.54, 1.807) is 23.8 Å². The van der Waals surface area contributed by atoms with Crippen molar-refractivity contribution in [2.24, 2.45) is 0 Å². The number of amides is 2. The van der Waals surface area contributed by atoms with Gasteiger partial charge in [0.15, 0.2) is 0 Å². The zero-order chi connectivity index (χ0) is 25.8. The highest BCUT2D eigenvalue weighted by atomic mass is 32.2. The van der Waals surface area contributed by atoms with Gasteiger partial charge >= 0.3 is 0 Å². The summed E-state index contributed by atoms with van der Waals surface area (Å²) in [4.78, 5) is 28.8. The molecule has 190 valence electrons. The Morgan fingerprint density at radius 1 is 0.944 bits per heavy atom. The molecule has 0 aliphatic carbocycles. The average molecular weight is 505 g/mol. The van der Waals surface area contributed by atoms with Gasteiger partial charge in [0, 0.05) is 25.3 Å². The predicted octanol–water partition coefficient (Wildman–Crippen LogP) is 5.40. The molecule has 0 aliphatic rings. The normalized spacial score (nSPS) is 11.5. The summed E-state index contributed by atoms with van der Waals surface area (Å²) >= 11 is 1.58. The van der Waals surface area contributed by atoms with E-state index in [0.717, 1.165) is 29.1 Å². The fourth-order valence-electron chi connectivity index (χ4n) is 4.03. The van der Waals surface area contributed by atoms with Crippen LogP contribution in [-0.4, -0.2) is 42.2 Å². The molecule has 0 saturated carbocycles. The molecule has 0 spiro atoms. The molecule has 0 radical (unpaired) electrons. The van der Waals surface area contributed by atoms with Crippen LogP contribution < -0.4 is 10.1 Å². The van der Waals surface area contributed by atoms with Crippen LogP contribution in [0.4, 0.5) is 0 Å². The zero-order valence-electron chi connectivity index (χ0n) is 21.4. The van der Waals surface area contributed by atoms with Crippen LogP contribution in [0.2, 0.25) is 0 Å². The first-order chi connectivity index (χ1) is 17.5. The van der Waals surface area contributed by atoms with Gasteiger partial charge in [-0.05, 0) is 42.2 Å². The van der Waals surface area contributed by atoms with E-state index < -0.39 is 6.04 Å². The lowest BCUT2D eigenvalue weighted by Gasteiger charge is -2.31. The first-order valence-corrected chi connectivity index (χ1v) is 13.5. The van der Waals surface area contributed by atoms with Crippen molar-refractivity contribution in [3.05, 3.63) is 101 Å². The number of carbonyl (C=O) groups is 2. The van der Waals surface area contributed by atoms with Crippen molar-refractivity contribution in [2.45, 2.75) is 45.0 Å². The van der Waals surface area contributed by atoms with E-state index in [1.807, 2.05) is 67.6 Å². The van der Waals surface area contributed by atoms with Gasteiger partial charge in [0.1, 0.15) is 11.8 Å². The lowest BCUT2D eigenvalue weighted by molar-refractivity contribution is -0.139. The molecule has 1 N–H and O–H groups in total. The molecule has 3 rings (SSSR count). The standard InChI is InChI=1S/C30H36N2O3S/c1-4-16-31-30(34)28(19-24-11-6-5-7-12-24)32(20-25-13-9-15-27(18-25)35-3)29(33)22-36-21-26-14-8-10-23(2)17-26/h5-15,17-18,28H,4,16,19-22H2,1-3H3,(H,31,34)/t28-/m0/s1. The topological polar surface area (TPSA) is 58.6 Å². The number of carbonyl (C=O) groups excluding carboxylic acids is 2. The van der Waals surface area contributed by atoms with Crippen LogP contribution in [-0.2, 0) is 28.3 Å². The van der Waals surface area contributed by atoms with Gasteiger partial charge in [0.25, 0.3) is 0 Å². The smallest absolute Gasteiger partial charge is 0.243 e. The summed E-state index contributed by atoms with van der Waals surface area (Å²) in [5, 5.41) is 3.02. The van der Waals surface area contributed by atoms with Crippen molar-refractivity contribution in [1.82, 2.24) is 10.2 Å². The van der Waals surface area contributed by atoms with E-state index in [4.69, 9.17) is 4.74 Å². The van der Waals surface area contributed by atoms with Gasteiger partial charge in [-0.15, -0.1) is 11.8 Å². The van der Waals surface area contributed by atoms with E-state index in [0.29, 0.717) is 25.3 Å². The molecule has 0 saturated heterocycles. The first kappa shape index (κ1) is 27.3. The molecule has 3 aromatic carbocycles. The number of nitrogens with one attached hydrogen (secondary N) is 1. The monoisotopic (exact) mass is 504 g/mol. The Hall–Kier alpha value is -3.25. The van der Waals surface area contributed by atoms with Crippen molar-refractivity contribution in [3.63, 3.8) is 0 Å². The molecule has 2 amide bonds. The fourth-order valence-corrected chi connectivity index (χ4v) is 4.89. The Labute approximate surface area is 219 Å². The summed E-state index contributed by atoms with van der Waals surface area (Å²) in [6, 6.07) is 25.3. The van der Waals surface area contributed by atoms with Crippen molar-refractivity contribution in [3.8, 4) is 5.75 Å². The Balaban J connectivity index is 1.85. The van der Waals surface area contributed by atoms with Crippen LogP contribution in [0.1, 0.15) is 35.6 Å². The number of benzene rings is 3. The lowest BCUT2D eigenvalue weighted by atomic mass is 10.0. The van der Waals surface area contributed by atoms with Gasteiger partial charge in [-0.3, -0.25) is 9.59 Å². The highest BCUT2D eigenvalue weighted by Crippen LogP contribution is 2.21. The van der Waals surface area contributed by atoms with Gasteiger partial charge in [-0.1, -0.05) is 79.2 Å². The Morgan fingerprint density at radius 3 is 2.39 bits per heavy atom. The summed E-state index contributed by atoms with van der Waals surface area (Å²) in [5.74, 6) is 1.59. The van der Waals surface area contributed by atoms with E-state index in [1.165, 1.54) is 11.1 Å². The molecule has 3 aromatic rings. The van der Waals surface area contributed by atoms with Gasteiger partial charge in [-0.25, -0.2) is 0 Å². The summed E-state index contributed by atoms with van der Waals surface area (Å²) in [7, 11) is 1.63. The SMILES string of the molecule is CCCNC(=O)[C@H](Cc1ccccc1)N(Cc1cccc(OC)c1)C(=O)CSCc1cccc(C)c1. The minimum atomic E-state index is -0.614. The lowest BCUT2D eigenvalue weighted by Crippen LogP contribution is -2.51. The molecular weight excluding hydrogens is 468 g/mol. The minimum Gasteiger partial charge on any atom is -0.497 e. The number of methoxy groups -OCH3 is 1. The third kappa shape index (κ3) is 8.45. The van der Waals surface area contributed by atoms with E-state index in [2.05, 4.69) is 30.4 Å². The zero-order valence-corrected chi connectivity index (χ0v) is 22.2. The molecule has 0 unspecified atom stereocenters. The molecule has 1 atom stereocenters.